The second-order valence-electron chi connectivity index (χ2n) is 4.47. The Morgan fingerprint density at radius 2 is 1.43 bits per heavy atom. The van der Waals surface area contributed by atoms with Crippen LogP contribution < -0.4 is 0 Å². The van der Waals surface area contributed by atoms with Gasteiger partial charge < -0.3 is 0 Å². The molecule has 0 amide bonds. The molecule has 0 bridgehead atoms. The van der Waals surface area contributed by atoms with E-state index in [0.717, 1.165) is 5.56 Å². The van der Waals surface area contributed by atoms with E-state index in [-0.39, 0.29) is 4.91 Å². The number of halogens is 1. The van der Waals surface area contributed by atoms with Crippen molar-refractivity contribution in [3.8, 4) is 0 Å². The van der Waals surface area contributed by atoms with Gasteiger partial charge in [0.25, 0.3) is 9.05 Å². The minimum absolute atomic E-state index is 0.135. The Balaban J connectivity index is 2.78. The Morgan fingerprint density at radius 3 is 1.86 bits per heavy atom. The molecule has 0 aliphatic carbocycles. The van der Waals surface area contributed by atoms with Gasteiger partial charge in [-0.2, -0.15) is 0 Å². The summed E-state index contributed by atoms with van der Waals surface area (Å²) in [6.45, 7) is 3.71. The van der Waals surface area contributed by atoms with Gasteiger partial charge in [0.15, 0.2) is 0 Å². The number of rotatable bonds is 5. The maximum atomic E-state index is 12.1. The van der Waals surface area contributed by atoms with Gasteiger partial charge in [-0.25, -0.2) is 8.42 Å². The number of hydrogen-bond donors (Lipinski definition) is 0. The fourth-order valence-corrected chi connectivity index (χ4v) is 3.64. The summed E-state index contributed by atoms with van der Waals surface area (Å²) >= 11 is 0. The summed E-state index contributed by atoms with van der Waals surface area (Å²) in [4.78, 5) is 0.135. The molecule has 2 nitrogen and oxygen atoms in total. The highest BCUT2D eigenvalue weighted by molar-refractivity contribution is 8.21. The molecule has 108 valence electrons. The van der Waals surface area contributed by atoms with Gasteiger partial charge in [-0.1, -0.05) is 66.7 Å². The molecule has 2 aromatic rings. The average Bonchev–Trinajstić information content (AvgIpc) is 2.47. The molecule has 0 aromatic heterocycles. The van der Waals surface area contributed by atoms with E-state index in [0.29, 0.717) is 17.6 Å². The maximum absolute atomic E-state index is 12.1. The third-order valence-corrected chi connectivity index (χ3v) is 4.46. The van der Waals surface area contributed by atoms with E-state index in [1.54, 1.807) is 30.3 Å². The first-order valence-corrected chi connectivity index (χ1v) is 8.74. The van der Waals surface area contributed by atoms with Crippen molar-refractivity contribution in [3.63, 3.8) is 0 Å². The summed E-state index contributed by atoms with van der Waals surface area (Å²) in [7, 11) is 1.81. The van der Waals surface area contributed by atoms with Crippen LogP contribution in [0.5, 0.6) is 0 Å². The quantitative estimate of drug-likeness (QED) is 0.455. The highest BCUT2D eigenvalue weighted by Crippen LogP contribution is 2.35. The van der Waals surface area contributed by atoms with Gasteiger partial charge in [0.1, 0.15) is 0 Å². The molecule has 0 aliphatic heterocycles. The molecule has 0 spiro atoms. The average molecular weight is 319 g/mol. The molecule has 0 heterocycles. The molecule has 0 fully saturated rings. The Labute approximate surface area is 129 Å². The molecular weight excluding hydrogens is 304 g/mol. The van der Waals surface area contributed by atoms with Crippen molar-refractivity contribution < 1.29 is 8.42 Å². The number of hydrogen-bond acceptors (Lipinski definition) is 2. The third-order valence-electron chi connectivity index (χ3n) is 3.02. The Kier molecular flexibility index (Phi) is 4.99. The topological polar surface area (TPSA) is 34.1 Å². The first-order valence-electron chi connectivity index (χ1n) is 6.43. The van der Waals surface area contributed by atoms with Crippen LogP contribution in [0, 0.1) is 0 Å². The Hall–Kier alpha value is -1.84. The van der Waals surface area contributed by atoms with E-state index >= 15 is 0 Å². The van der Waals surface area contributed by atoms with Crippen LogP contribution in [0.4, 0.5) is 0 Å². The van der Waals surface area contributed by atoms with Crippen molar-refractivity contribution in [3.05, 3.63) is 84.4 Å². The molecule has 0 N–H and O–H groups in total. The largest absolute Gasteiger partial charge is 0.262 e. The van der Waals surface area contributed by atoms with Crippen LogP contribution >= 0.6 is 10.7 Å². The standard InChI is InChI=1S/C17H15ClO2S/c1-2-9-16(14-10-5-3-6-11-14)17(21(18,19)20)15-12-7-4-8-13-15/h2-8,10-13H,1,9H2. The second-order valence-corrected chi connectivity index (χ2v) is 6.97. The molecule has 2 rings (SSSR count). The van der Waals surface area contributed by atoms with Gasteiger partial charge >= 0.3 is 0 Å². The smallest absolute Gasteiger partial charge is 0.207 e. The summed E-state index contributed by atoms with van der Waals surface area (Å²) in [6.07, 6.45) is 2.09. The first-order chi connectivity index (χ1) is 10.0. The normalized spacial score (nSPS) is 12.6. The lowest BCUT2D eigenvalue weighted by Gasteiger charge is -2.12. The third kappa shape index (κ3) is 3.84. The molecule has 21 heavy (non-hydrogen) atoms. The number of benzene rings is 2. The minimum Gasteiger partial charge on any atom is -0.207 e. The predicted molar refractivity (Wildman–Crippen MR) is 89.3 cm³/mol. The highest BCUT2D eigenvalue weighted by Gasteiger charge is 2.22. The van der Waals surface area contributed by atoms with Crippen molar-refractivity contribution in [2.75, 3.05) is 0 Å². The zero-order valence-corrected chi connectivity index (χ0v) is 12.9. The molecular formula is C17H15ClO2S. The molecule has 2 aromatic carbocycles. The van der Waals surface area contributed by atoms with Gasteiger partial charge in [0.05, 0.1) is 4.91 Å². The Morgan fingerprint density at radius 1 is 0.952 bits per heavy atom. The van der Waals surface area contributed by atoms with Crippen molar-refractivity contribution >= 4 is 30.2 Å². The van der Waals surface area contributed by atoms with Gasteiger partial charge in [-0.05, 0) is 23.1 Å². The van der Waals surface area contributed by atoms with E-state index < -0.39 is 9.05 Å². The van der Waals surface area contributed by atoms with Crippen LogP contribution in [0.3, 0.4) is 0 Å². The van der Waals surface area contributed by atoms with Gasteiger partial charge in [-0.15, -0.1) is 6.58 Å². The van der Waals surface area contributed by atoms with Crippen molar-refractivity contribution in [2.45, 2.75) is 6.42 Å². The van der Waals surface area contributed by atoms with Crippen LogP contribution in [-0.4, -0.2) is 8.42 Å². The van der Waals surface area contributed by atoms with E-state index in [1.807, 2.05) is 36.4 Å². The van der Waals surface area contributed by atoms with Crippen molar-refractivity contribution in [2.24, 2.45) is 0 Å². The first kappa shape index (κ1) is 15.5. The lowest BCUT2D eigenvalue weighted by Crippen LogP contribution is -2.00. The summed E-state index contributed by atoms with van der Waals surface area (Å²) in [6, 6.07) is 18.2. The zero-order chi connectivity index (χ0) is 15.3. The molecule has 0 atom stereocenters. The Bertz CT molecular complexity index is 748. The zero-order valence-electron chi connectivity index (χ0n) is 11.4. The van der Waals surface area contributed by atoms with Gasteiger partial charge in [0.2, 0.25) is 0 Å². The fourth-order valence-electron chi connectivity index (χ4n) is 2.18. The predicted octanol–water partition coefficient (Wildman–Crippen LogP) is 4.70. The van der Waals surface area contributed by atoms with Gasteiger partial charge in [-0.3, -0.25) is 0 Å². The van der Waals surface area contributed by atoms with E-state index in [2.05, 4.69) is 6.58 Å². The van der Waals surface area contributed by atoms with Crippen molar-refractivity contribution in [1.82, 2.24) is 0 Å². The lowest BCUT2D eigenvalue weighted by molar-refractivity contribution is 0.618. The SMILES string of the molecule is C=CCC(=C(c1ccccc1)S(=O)(=O)Cl)c1ccccc1. The molecule has 0 radical (unpaired) electrons. The van der Waals surface area contributed by atoms with E-state index in [1.165, 1.54) is 0 Å². The molecule has 0 saturated heterocycles. The fraction of sp³-hybridized carbons (Fsp3) is 0.0588. The molecule has 0 unspecified atom stereocenters. The van der Waals surface area contributed by atoms with Gasteiger partial charge in [0, 0.05) is 10.7 Å². The molecule has 0 saturated carbocycles. The number of allylic oxidation sites excluding steroid dienone is 2. The summed E-state index contributed by atoms with van der Waals surface area (Å²) in [5.74, 6) is 0. The van der Waals surface area contributed by atoms with Crippen LogP contribution in [0.25, 0.3) is 10.5 Å². The van der Waals surface area contributed by atoms with E-state index in [4.69, 9.17) is 10.7 Å². The van der Waals surface area contributed by atoms with Crippen LogP contribution in [-0.2, 0) is 9.05 Å². The second kappa shape index (κ2) is 6.74. The monoisotopic (exact) mass is 318 g/mol. The maximum Gasteiger partial charge on any atom is 0.262 e. The summed E-state index contributed by atoms with van der Waals surface area (Å²) < 4.78 is 24.2. The lowest BCUT2D eigenvalue weighted by atomic mass is 9.99. The summed E-state index contributed by atoms with van der Waals surface area (Å²) in [5, 5.41) is 0. The van der Waals surface area contributed by atoms with Crippen molar-refractivity contribution in [1.29, 1.82) is 0 Å². The van der Waals surface area contributed by atoms with Crippen LogP contribution in [0.1, 0.15) is 17.5 Å². The molecule has 0 aliphatic rings. The van der Waals surface area contributed by atoms with Crippen LogP contribution in [0.15, 0.2) is 73.3 Å². The molecule has 4 heteroatoms. The highest BCUT2D eigenvalue weighted by atomic mass is 35.7. The van der Waals surface area contributed by atoms with E-state index in [9.17, 15) is 8.42 Å². The summed E-state index contributed by atoms with van der Waals surface area (Å²) in [5.41, 5.74) is 2.04. The minimum atomic E-state index is -3.88. The van der Waals surface area contributed by atoms with Crippen LogP contribution in [0.2, 0.25) is 0 Å².